The van der Waals surface area contributed by atoms with Gasteiger partial charge in [0.25, 0.3) is 0 Å². The van der Waals surface area contributed by atoms with Crippen LogP contribution in [0.15, 0.2) is 47.9 Å². The SMILES string of the molecule is CC(C)[C@H](Nc1ncnc2[nH]c(-c3cnn(C)c3)cc12)c1ccc2c(c1)S(=O)(=O)CCC2. The molecular formula is C23H26N6O2S. The minimum absolute atomic E-state index is 0.104. The van der Waals surface area contributed by atoms with Gasteiger partial charge in [-0.2, -0.15) is 5.10 Å². The number of aromatic nitrogens is 5. The number of anilines is 1. The molecule has 0 saturated carbocycles. The summed E-state index contributed by atoms with van der Waals surface area (Å²) < 4.78 is 27.0. The number of rotatable bonds is 5. The van der Waals surface area contributed by atoms with Gasteiger partial charge in [-0.25, -0.2) is 18.4 Å². The molecule has 1 aromatic carbocycles. The summed E-state index contributed by atoms with van der Waals surface area (Å²) in [6.07, 6.45) is 6.77. The Labute approximate surface area is 187 Å². The lowest BCUT2D eigenvalue weighted by molar-refractivity contribution is 0.542. The van der Waals surface area contributed by atoms with E-state index in [1.54, 1.807) is 10.9 Å². The Morgan fingerprint density at radius 1 is 1.19 bits per heavy atom. The molecule has 8 nitrogen and oxygen atoms in total. The van der Waals surface area contributed by atoms with Crippen molar-refractivity contribution in [3.05, 3.63) is 54.1 Å². The molecule has 1 atom stereocenters. The second-order valence-electron chi connectivity index (χ2n) is 8.73. The number of hydrogen-bond donors (Lipinski definition) is 2. The maximum atomic E-state index is 12.6. The van der Waals surface area contributed by atoms with Crippen LogP contribution in [-0.2, 0) is 23.3 Å². The van der Waals surface area contributed by atoms with Crippen LogP contribution >= 0.6 is 0 Å². The predicted molar refractivity (Wildman–Crippen MR) is 124 cm³/mol. The maximum absolute atomic E-state index is 12.6. The van der Waals surface area contributed by atoms with E-state index >= 15 is 0 Å². The third-order valence-corrected chi connectivity index (χ3v) is 7.92. The molecule has 1 aliphatic heterocycles. The summed E-state index contributed by atoms with van der Waals surface area (Å²) in [6, 6.07) is 7.76. The van der Waals surface area contributed by atoms with Gasteiger partial charge in [-0.1, -0.05) is 26.0 Å². The lowest BCUT2D eigenvalue weighted by Gasteiger charge is -2.26. The Bertz CT molecular complexity index is 1400. The van der Waals surface area contributed by atoms with Crippen molar-refractivity contribution in [3.63, 3.8) is 0 Å². The minimum atomic E-state index is -3.22. The Kier molecular flexibility index (Phi) is 5.00. The summed E-state index contributed by atoms with van der Waals surface area (Å²) in [7, 11) is -1.34. The third-order valence-electron chi connectivity index (χ3n) is 6.04. The van der Waals surface area contributed by atoms with E-state index in [4.69, 9.17) is 0 Å². The molecule has 0 aliphatic carbocycles. The van der Waals surface area contributed by atoms with Gasteiger partial charge in [0.05, 0.1) is 34.0 Å². The number of aryl methyl sites for hydroxylation is 2. The molecule has 0 amide bonds. The van der Waals surface area contributed by atoms with Gasteiger partial charge in [-0.05, 0) is 42.0 Å². The molecule has 0 fully saturated rings. The summed E-state index contributed by atoms with van der Waals surface area (Å²) in [6.45, 7) is 4.23. The Morgan fingerprint density at radius 3 is 2.78 bits per heavy atom. The summed E-state index contributed by atoms with van der Waals surface area (Å²) in [5.41, 5.74) is 4.48. The molecule has 0 bridgehead atoms. The topological polar surface area (TPSA) is 106 Å². The first kappa shape index (κ1) is 20.7. The number of nitrogens with zero attached hydrogens (tertiary/aromatic N) is 4. The molecule has 3 aromatic heterocycles. The third kappa shape index (κ3) is 3.66. The Morgan fingerprint density at radius 2 is 2.03 bits per heavy atom. The van der Waals surface area contributed by atoms with Gasteiger partial charge < -0.3 is 10.3 Å². The van der Waals surface area contributed by atoms with E-state index in [2.05, 4.69) is 39.2 Å². The molecular weight excluding hydrogens is 424 g/mol. The molecule has 32 heavy (non-hydrogen) atoms. The van der Waals surface area contributed by atoms with Crippen molar-refractivity contribution in [2.45, 2.75) is 37.6 Å². The predicted octanol–water partition coefficient (Wildman–Crippen LogP) is 3.89. The van der Waals surface area contributed by atoms with E-state index in [0.717, 1.165) is 39.8 Å². The lowest BCUT2D eigenvalue weighted by atomic mass is 9.94. The smallest absolute Gasteiger partial charge is 0.178 e. The van der Waals surface area contributed by atoms with Crippen molar-refractivity contribution in [1.29, 1.82) is 0 Å². The highest BCUT2D eigenvalue weighted by atomic mass is 32.2. The molecule has 166 valence electrons. The molecule has 0 spiro atoms. The van der Waals surface area contributed by atoms with Gasteiger partial charge in [0.1, 0.15) is 17.8 Å². The van der Waals surface area contributed by atoms with Crippen molar-refractivity contribution in [3.8, 4) is 11.3 Å². The maximum Gasteiger partial charge on any atom is 0.178 e. The first-order valence-corrected chi connectivity index (χ1v) is 12.4. The molecule has 4 heterocycles. The van der Waals surface area contributed by atoms with Crippen molar-refractivity contribution in [1.82, 2.24) is 24.7 Å². The van der Waals surface area contributed by atoms with Gasteiger partial charge in [0.2, 0.25) is 0 Å². The summed E-state index contributed by atoms with van der Waals surface area (Å²) in [4.78, 5) is 12.7. The van der Waals surface area contributed by atoms with Crippen LogP contribution in [0.25, 0.3) is 22.3 Å². The minimum Gasteiger partial charge on any atom is -0.362 e. The van der Waals surface area contributed by atoms with E-state index in [1.165, 1.54) is 6.33 Å². The highest BCUT2D eigenvalue weighted by molar-refractivity contribution is 7.91. The number of hydrogen-bond acceptors (Lipinski definition) is 6. The van der Waals surface area contributed by atoms with Crippen molar-refractivity contribution < 1.29 is 8.42 Å². The van der Waals surface area contributed by atoms with Crippen LogP contribution in [0.5, 0.6) is 0 Å². The molecule has 4 aromatic rings. The number of aromatic amines is 1. The second-order valence-corrected chi connectivity index (χ2v) is 10.8. The summed E-state index contributed by atoms with van der Waals surface area (Å²) in [5, 5.41) is 8.67. The zero-order valence-corrected chi connectivity index (χ0v) is 19.1. The van der Waals surface area contributed by atoms with Crippen LogP contribution in [0.1, 0.15) is 37.4 Å². The van der Waals surface area contributed by atoms with E-state index in [1.807, 2.05) is 37.5 Å². The molecule has 0 unspecified atom stereocenters. The molecule has 0 saturated heterocycles. The number of sulfone groups is 1. The Balaban J connectivity index is 1.53. The van der Waals surface area contributed by atoms with Gasteiger partial charge in [0.15, 0.2) is 9.84 Å². The number of benzene rings is 1. The summed E-state index contributed by atoms with van der Waals surface area (Å²) >= 11 is 0. The fourth-order valence-electron chi connectivity index (χ4n) is 4.38. The normalized spacial score (nSPS) is 16.2. The zero-order valence-electron chi connectivity index (χ0n) is 18.3. The van der Waals surface area contributed by atoms with Crippen molar-refractivity contribution in [2.24, 2.45) is 13.0 Å². The molecule has 9 heteroatoms. The van der Waals surface area contributed by atoms with E-state index < -0.39 is 9.84 Å². The van der Waals surface area contributed by atoms with Crippen LogP contribution in [0.3, 0.4) is 0 Å². The fourth-order valence-corrected chi connectivity index (χ4v) is 6.01. The van der Waals surface area contributed by atoms with Crippen LogP contribution in [0, 0.1) is 5.92 Å². The summed E-state index contributed by atoms with van der Waals surface area (Å²) in [5.74, 6) is 1.14. The fraction of sp³-hybridized carbons (Fsp3) is 0.348. The largest absolute Gasteiger partial charge is 0.362 e. The van der Waals surface area contributed by atoms with Crippen LogP contribution in [0.2, 0.25) is 0 Å². The number of H-pyrrole nitrogens is 1. The standard InChI is InChI=1S/C23H26N6O2S/c1-14(2)21(16-7-6-15-5-4-8-32(30,31)20(15)9-16)28-23-18-10-19(17-11-26-29(3)12-17)27-22(18)24-13-25-23/h6-7,9-14,21H,4-5,8H2,1-3H3,(H2,24,25,27,28)/t21-/m0/s1. The first-order valence-electron chi connectivity index (χ1n) is 10.8. The molecule has 0 radical (unpaired) electrons. The average Bonchev–Trinajstić information content (AvgIpc) is 3.38. The Hall–Kier alpha value is -3.20. The van der Waals surface area contributed by atoms with Crippen LogP contribution < -0.4 is 5.32 Å². The molecule has 1 aliphatic rings. The van der Waals surface area contributed by atoms with E-state index in [-0.39, 0.29) is 17.7 Å². The van der Waals surface area contributed by atoms with Crippen LogP contribution in [0.4, 0.5) is 5.82 Å². The average molecular weight is 451 g/mol. The highest BCUT2D eigenvalue weighted by Crippen LogP contribution is 2.34. The van der Waals surface area contributed by atoms with E-state index in [9.17, 15) is 8.42 Å². The quantitative estimate of drug-likeness (QED) is 0.478. The second kappa shape index (κ2) is 7.74. The monoisotopic (exact) mass is 450 g/mol. The van der Waals surface area contributed by atoms with Crippen molar-refractivity contribution in [2.75, 3.05) is 11.1 Å². The molecule has 2 N–H and O–H groups in total. The van der Waals surface area contributed by atoms with Crippen LogP contribution in [-0.4, -0.2) is 38.9 Å². The van der Waals surface area contributed by atoms with Crippen molar-refractivity contribution >= 4 is 26.7 Å². The zero-order chi connectivity index (χ0) is 22.5. The van der Waals surface area contributed by atoms with Gasteiger partial charge >= 0.3 is 0 Å². The van der Waals surface area contributed by atoms with Gasteiger partial charge in [0, 0.05) is 18.8 Å². The highest BCUT2D eigenvalue weighted by Gasteiger charge is 2.26. The van der Waals surface area contributed by atoms with Gasteiger partial charge in [-0.15, -0.1) is 0 Å². The van der Waals surface area contributed by atoms with Gasteiger partial charge in [-0.3, -0.25) is 4.68 Å². The first-order chi connectivity index (χ1) is 15.3. The lowest BCUT2D eigenvalue weighted by Crippen LogP contribution is -2.20. The number of nitrogens with one attached hydrogen (secondary N) is 2. The number of fused-ring (bicyclic) bond motifs is 2. The van der Waals surface area contributed by atoms with E-state index in [0.29, 0.717) is 17.1 Å². The molecule has 5 rings (SSSR count).